The van der Waals surface area contributed by atoms with Crippen LogP contribution in [0.4, 0.5) is 13.2 Å². The van der Waals surface area contributed by atoms with Gasteiger partial charge in [0, 0.05) is 43.7 Å². The third-order valence-electron chi connectivity index (χ3n) is 4.79. The average molecular weight is 438 g/mol. The summed E-state index contributed by atoms with van der Waals surface area (Å²) in [6.45, 7) is 3.55. The maximum Gasteiger partial charge on any atom is 0.416 e. The van der Waals surface area contributed by atoms with Gasteiger partial charge in [-0.05, 0) is 23.6 Å². The van der Waals surface area contributed by atoms with Crippen molar-refractivity contribution in [3.05, 3.63) is 63.3 Å². The van der Waals surface area contributed by atoms with E-state index in [1.807, 2.05) is 27.8 Å². The molecule has 2 aromatic heterocycles. The fourth-order valence-corrected chi connectivity index (χ4v) is 4.72. The third-order valence-corrected chi connectivity index (χ3v) is 6.59. The van der Waals surface area contributed by atoms with Crippen LogP contribution >= 0.6 is 22.7 Å². The second kappa shape index (κ2) is 8.25. The highest BCUT2D eigenvalue weighted by Gasteiger charge is 2.30. The summed E-state index contributed by atoms with van der Waals surface area (Å²) in [5, 5.41) is 4.55. The fourth-order valence-electron chi connectivity index (χ4n) is 3.21. The SMILES string of the molecule is O=C(c1cccs1)N1CCN(Cc2csc(-c3ccc(C(F)(F)F)cc3)n2)CC1. The largest absolute Gasteiger partial charge is 0.416 e. The maximum atomic E-state index is 12.7. The van der Waals surface area contributed by atoms with Crippen LogP contribution in [-0.4, -0.2) is 46.9 Å². The zero-order chi connectivity index (χ0) is 20.4. The number of hydrogen-bond acceptors (Lipinski definition) is 5. The standard InChI is InChI=1S/C20H18F3N3OS2/c21-20(22,23)15-5-3-14(4-6-15)18-24-16(13-29-18)12-25-7-9-26(10-8-25)19(27)17-2-1-11-28-17/h1-6,11,13H,7-10,12H2. The van der Waals surface area contributed by atoms with Crippen LogP contribution in [-0.2, 0) is 12.7 Å². The van der Waals surface area contributed by atoms with E-state index in [1.54, 1.807) is 0 Å². The number of carbonyl (C=O) groups is 1. The van der Waals surface area contributed by atoms with Crippen LogP contribution in [0.25, 0.3) is 10.6 Å². The lowest BCUT2D eigenvalue weighted by Gasteiger charge is -2.34. The van der Waals surface area contributed by atoms with Gasteiger partial charge in [0.25, 0.3) is 5.91 Å². The molecule has 29 heavy (non-hydrogen) atoms. The van der Waals surface area contributed by atoms with Crippen molar-refractivity contribution in [1.29, 1.82) is 0 Å². The second-order valence-electron chi connectivity index (χ2n) is 6.76. The van der Waals surface area contributed by atoms with E-state index in [9.17, 15) is 18.0 Å². The predicted octanol–water partition coefficient (Wildman–Crippen LogP) is 4.85. The van der Waals surface area contributed by atoms with E-state index in [2.05, 4.69) is 9.88 Å². The van der Waals surface area contributed by atoms with Gasteiger partial charge in [-0.1, -0.05) is 18.2 Å². The van der Waals surface area contributed by atoms with Gasteiger partial charge in [-0.25, -0.2) is 4.98 Å². The Hall–Kier alpha value is -2.23. The molecule has 9 heteroatoms. The Morgan fingerprint density at radius 3 is 2.38 bits per heavy atom. The molecule has 3 aromatic rings. The van der Waals surface area contributed by atoms with Crippen LogP contribution in [0.15, 0.2) is 47.2 Å². The number of rotatable bonds is 4. The highest BCUT2D eigenvalue weighted by Crippen LogP contribution is 2.32. The molecule has 1 fully saturated rings. The van der Waals surface area contributed by atoms with Gasteiger partial charge in [0.05, 0.1) is 16.1 Å². The summed E-state index contributed by atoms with van der Waals surface area (Å²) in [5.41, 5.74) is 0.913. The second-order valence-corrected chi connectivity index (χ2v) is 8.57. The minimum Gasteiger partial charge on any atom is -0.335 e. The van der Waals surface area contributed by atoms with E-state index in [-0.39, 0.29) is 5.91 Å². The molecule has 0 atom stereocenters. The Morgan fingerprint density at radius 2 is 1.76 bits per heavy atom. The van der Waals surface area contributed by atoms with Gasteiger partial charge in [-0.3, -0.25) is 9.69 Å². The summed E-state index contributed by atoms with van der Waals surface area (Å²) < 4.78 is 38.1. The molecular formula is C20H18F3N3OS2. The Balaban J connectivity index is 1.34. The van der Waals surface area contributed by atoms with Crippen LogP contribution < -0.4 is 0 Å². The lowest BCUT2D eigenvalue weighted by atomic mass is 10.1. The molecule has 4 rings (SSSR count). The molecule has 0 aliphatic carbocycles. The average Bonchev–Trinajstić information content (AvgIpc) is 3.40. The maximum absolute atomic E-state index is 12.7. The van der Waals surface area contributed by atoms with Gasteiger partial charge in [0.15, 0.2) is 0 Å². The summed E-state index contributed by atoms with van der Waals surface area (Å²) in [4.78, 5) is 21.9. The molecule has 0 saturated carbocycles. The molecule has 1 aliphatic heterocycles. The smallest absolute Gasteiger partial charge is 0.335 e. The molecule has 4 nitrogen and oxygen atoms in total. The van der Waals surface area contributed by atoms with E-state index in [0.29, 0.717) is 30.2 Å². The molecule has 1 aromatic carbocycles. The molecule has 1 aliphatic rings. The lowest BCUT2D eigenvalue weighted by molar-refractivity contribution is -0.137. The van der Waals surface area contributed by atoms with E-state index in [4.69, 9.17) is 0 Å². The van der Waals surface area contributed by atoms with Crippen molar-refractivity contribution in [3.8, 4) is 10.6 Å². The van der Waals surface area contributed by atoms with Crippen molar-refractivity contribution in [2.45, 2.75) is 12.7 Å². The molecule has 0 spiro atoms. The zero-order valence-electron chi connectivity index (χ0n) is 15.4. The molecule has 0 bridgehead atoms. The number of thiazole rings is 1. The summed E-state index contributed by atoms with van der Waals surface area (Å²) in [7, 11) is 0. The molecule has 0 radical (unpaired) electrons. The number of alkyl halides is 3. The van der Waals surface area contributed by atoms with Crippen LogP contribution in [0.1, 0.15) is 20.9 Å². The lowest BCUT2D eigenvalue weighted by Crippen LogP contribution is -2.48. The number of nitrogens with zero attached hydrogens (tertiary/aromatic N) is 3. The van der Waals surface area contributed by atoms with E-state index >= 15 is 0 Å². The van der Waals surface area contributed by atoms with Crippen LogP contribution in [0, 0.1) is 0 Å². The monoisotopic (exact) mass is 437 g/mol. The molecule has 1 saturated heterocycles. The van der Waals surface area contributed by atoms with Crippen LogP contribution in [0.2, 0.25) is 0 Å². The third kappa shape index (κ3) is 4.68. The van der Waals surface area contributed by atoms with Crippen molar-refractivity contribution in [3.63, 3.8) is 0 Å². The van der Waals surface area contributed by atoms with Crippen LogP contribution in [0.3, 0.4) is 0 Å². The van der Waals surface area contributed by atoms with Gasteiger partial charge >= 0.3 is 6.18 Å². The first-order valence-electron chi connectivity index (χ1n) is 9.07. The number of piperazine rings is 1. The van der Waals surface area contributed by atoms with Crippen molar-refractivity contribution in [2.75, 3.05) is 26.2 Å². The molecule has 3 heterocycles. The Bertz CT molecular complexity index is 960. The molecule has 1 amide bonds. The molecular weight excluding hydrogens is 419 g/mol. The first-order chi connectivity index (χ1) is 13.9. The van der Waals surface area contributed by atoms with Crippen molar-refractivity contribution in [1.82, 2.24) is 14.8 Å². The molecule has 0 unspecified atom stereocenters. The van der Waals surface area contributed by atoms with E-state index in [0.717, 1.165) is 35.8 Å². The Labute approximate surface area is 174 Å². The van der Waals surface area contributed by atoms with Gasteiger partial charge < -0.3 is 4.90 Å². The van der Waals surface area contributed by atoms with E-state index in [1.165, 1.54) is 34.8 Å². The normalized spacial score (nSPS) is 15.6. The molecule has 0 N–H and O–H groups in total. The van der Waals surface area contributed by atoms with Gasteiger partial charge in [0.2, 0.25) is 0 Å². The number of thiophene rings is 1. The summed E-state index contributed by atoms with van der Waals surface area (Å²) in [6.07, 6.45) is -4.33. The predicted molar refractivity (Wildman–Crippen MR) is 108 cm³/mol. The first kappa shape index (κ1) is 20.1. The minimum atomic E-state index is -4.33. The number of aromatic nitrogens is 1. The van der Waals surface area contributed by atoms with Crippen molar-refractivity contribution < 1.29 is 18.0 Å². The highest BCUT2D eigenvalue weighted by atomic mass is 32.1. The van der Waals surface area contributed by atoms with E-state index < -0.39 is 11.7 Å². The molecule has 152 valence electrons. The van der Waals surface area contributed by atoms with Crippen molar-refractivity contribution >= 4 is 28.6 Å². The number of amides is 1. The summed E-state index contributed by atoms with van der Waals surface area (Å²) >= 11 is 2.88. The summed E-state index contributed by atoms with van der Waals surface area (Å²) in [5.74, 6) is 0.0814. The number of halogens is 3. The minimum absolute atomic E-state index is 0.0814. The number of carbonyl (C=O) groups excluding carboxylic acids is 1. The Morgan fingerprint density at radius 1 is 1.03 bits per heavy atom. The fraction of sp³-hybridized carbons (Fsp3) is 0.300. The topological polar surface area (TPSA) is 36.4 Å². The quantitative estimate of drug-likeness (QED) is 0.586. The van der Waals surface area contributed by atoms with Crippen LogP contribution in [0.5, 0.6) is 0 Å². The summed E-state index contributed by atoms with van der Waals surface area (Å²) in [6, 6.07) is 8.81. The zero-order valence-corrected chi connectivity index (χ0v) is 17.0. The van der Waals surface area contributed by atoms with Gasteiger partial charge in [0.1, 0.15) is 5.01 Å². The first-order valence-corrected chi connectivity index (χ1v) is 10.8. The number of hydrogen-bond donors (Lipinski definition) is 0. The van der Waals surface area contributed by atoms with Gasteiger partial charge in [-0.2, -0.15) is 13.2 Å². The van der Waals surface area contributed by atoms with Crippen molar-refractivity contribution in [2.24, 2.45) is 0 Å². The van der Waals surface area contributed by atoms with Gasteiger partial charge in [-0.15, -0.1) is 22.7 Å². The number of benzene rings is 1. The Kier molecular flexibility index (Phi) is 5.71. The highest BCUT2D eigenvalue weighted by molar-refractivity contribution is 7.13.